The fraction of sp³-hybridized carbons (Fsp3) is 0.923. The first-order valence-electron chi connectivity index (χ1n) is 7.19. The summed E-state index contributed by atoms with van der Waals surface area (Å²) >= 11 is 0. The Morgan fingerprint density at radius 2 is 1.70 bits per heavy atom. The first kappa shape index (κ1) is 15.7. The number of carboxylic acids is 1. The van der Waals surface area contributed by atoms with Gasteiger partial charge in [0.2, 0.25) is 10.0 Å². The standard InChI is InChI=1S/C13H24N2O4S/c1-9-7-15(8-10(2)14(9)3)20(18,19)12-6-4-5-11(12)13(16)17/h9-12H,4-8H2,1-3H3,(H,16,17). The highest BCUT2D eigenvalue weighted by atomic mass is 32.2. The van der Waals surface area contributed by atoms with E-state index in [0.29, 0.717) is 32.4 Å². The Morgan fingerprint density at radius 3 is 2.20 bits per heavy atom. The third kappa shape index (κ3) is 2.71. The third-order valence-electron chi connectivity index (χ3n) is 4.84. The fourth-order valence-electron chi connectivity index (χ4n) is 3.32. The van der Waals surface area contributed by atoms with Gasteiger partial charge in [0.05, 0.1) is 11.2 Å². The van der Waals surface area contributed by atoms with Gasteiger partial charge in [-0.3, -0.25) is 9.69 Å². The maximum absolute atomic E-state index is 12.7. The molecule has 20 heavy (non-hydrogen) atoms. The molecule has 0 aromatic carbocycles. The average molecular weight is 304 g/mol. The van der Waals surface area contributed by atoms with Crippen LogP contribution in [0.5, 0.6) is 0 Å². The van der Waals surface area contributed by atoms with Crippen LogP contribution in [0.4, 0.5) is 0 Å². The zero-order valence-corrected chi connectivity index (χ0v) is 13.1. The quantitative estimate of drug-likeness (QED) is 0.826. The smallest absolute Gasteiger partial charge is 0.307 e. The molecule has 7 heteroatoms. The first-order valence-corrected chi connectivity index (χ1v) is 8.69. The molecule has 2 aliphatic rings. The first-order chi connectivity index (χ1) is 9.25. The monoisotopic (exact) mass is 304 g/mol. The molecule has 1 heterocycles. The molecule has 1 saturated carbocycles. The number of sulfonamides is 1. The second-order valence-corrected chi connectivity index (χ2v) is 8.29. The number of carbonyl (C=O) groups is 1. The van der Waals surface area contributed by atoms with E-state index in [2.05, 4.69) is 4.90 Å². The molecule has 116 valence electrons. The third-order valence-corrected chi connectivity index (χ3v) is 7.19. The van der Waals surface area contributed by atoms with Gasteiger partial charge in [0, 0.05) is 25.2 Å². The molecule has 4 atom stereocenters. The molecule has 0 spiro atoms. The Bertz CT molecular complexity index is 467. The van der Waals surface area contributed by atoms with E-state index < -0.39 is 27.2 Å². The summed E-state index contributed by atoms with van der Waals surface area (Å²) in [5.74, 6) is -1.73. The predicted octanol–water partition coefficient (Wildman–Crippen LogP) is 0.594. The van der Waals surface area contributed by atoms with E-state index in [4.69, 9.17) is 0 Å². The number of carboxylic acid groups (broad SMARTS) is 1. The number of rotatable bonds is 3. The molecular weight excluding hydrogens is 280 g/mol. The second kappa shape index (κ2) is 5.61. The van der Waals surface area contributed by atoms with Crippen LogP contribution < -0.4 is 0 Å². The maximum Gasteiger partial charge on any atom is 0.307 e. The molecular formula is C13H24N2O4S. The van der Waals surface area contributed by atoms with Crippen LogP contribution >= 0.6 is 0 Å². The predicted molar refractivity (Wildman–Crippen MR) is 75.9 cm³/mol. The van der Waals surface area contributed by atoms with Crippen LogP contribution in [0, 0.1) is 5.92 Å². The lowest BCUT2D eigenvalue weighted by Gasteiger charge is -2.42. The molecule has 1 saturated heterocycles. The Hall–Kier alpha value is -0.660. The number of nitrogens with zero attached hydrogens (tertiary/aromatic N) is 2. The van der Waals surface area contributed by atoms with Gasteiger partial charge in [-0.2, -0.15) is 4.31 Å². The van der Waals surface area contributed by atoms with Crippen molar-refractivity contribution in [2.24, 2.45) is 5.92 Å². The number of hydrogen-bond acceptors (Lipinski definition) is 4. The topological polar surface area (TPSA) is 77.9 Å². The highest BCUT2D eigenvalue weighted by Crippen LogP contribution is 2.34. The van der Waals surface area contributed by atoms with Gasteiger partial charge in [0.25, 0.3) is 0 Å². The van der Waals surface area contributed by atoms with Crippen molar-refractivity contribution in [1.29, 1.82) is 0 Å². The number of piperazine rings is 1. The van der Waals surface area contributed by atoms with E-state index in [0.717, 1.165) is 0 Å². The van der Waals surface area contributed by atoms with Crippen molar-refractivity contribution < 1.29 is 18.3 Å². The molecule has 0 amide bonds. The van der Waals surface area contributed by atoms with Crippen molar-refractivity contribution in [1.82, 2.24) is 9.21 Å². The number of likely N-dealkylation sites (N-methyl/N-ethyl adjacent to an activating group) is 1. The molecule has 6 nitrogen and oxygen atoms in total. The van der Waals surface area contributed by atoms with Gasteiger partial charge in [-0.15, -0.1) is 0 Å². The van der Waals surface area contributed by atoms with Gasteiger partial charge in [-0.05, 0) is 33.7 Å². The van der Waals surface area contributed by atoms with Gasteiger partial charge in [0.1, 0.15) is 0 Å². The van der Waals surface area contributed by atoms with Crippen molar-refractivity contribution in [2.45, 2.75) is 50.4 Å². The summed E-state index contributed by atoms with van der Waals surface area (Å²) in [5, 5.41) is 8.45. The molecule has 4 unspecified atom stereocenters. The molecule has 0 aromatic heterocycles. The van der Waals surface area contributed by atoms with Crippen LogP contribution in [0.15, 0.2) is 0 Å². The maximum atomic E-state index is 12.7. The van der Waals surface area contributed by atoms with Crippen molar-refractivity contribution in [2.75, 3.05) is 20.1 Å². The minimum atomic E-state index is -3.52. The van der Waals surface area contributed by atoms with Crippen LogP contribution in [-0.2, 0) is 14.8 Å². The fourth-order valence-corrected chi connectivity index (χ4v) is 5.68. The van der Waals surface area contributed by atoms with Crippen LogP contribution in [0.3, 0.4) is 0 Å². The summed E-state index contributed by atoms with van der Waals surface area (Å²) in [7, 11) is -1.52. The van der Waals surface area contributed by atoms with E-state index in [-0.39, 0.29) is 12.1 Å². The van der Waals surface area contributed by atoms with Crippen LogP contribution in [0.1, 0.15) is 33.1 Å². The van der Waals surface area contributed by atoms with Crippen molar-refractivity contribution in [3.63, 3.8) is 0 Å². The molecule has 1 N–H and O–H groups in total. The molecule has 2 fully saturated rings. The highest BCUT2D eigenvalue weighted by molar-refractivity contribution is 7.89. The lowest BCUT2D eigenvalue weighted by Crippen LogP contribution is -2.58. The summed E-state index contributed by atoms with van der Waals surface area (Å²) in [6, 6.07) is 0.302. The van der Waals surface area contributed by atoms with E-state index >= 15 is 0 Å². The van der Waals surface area contributed by atoms with Crippen LogP contribution in [0.25, 0.3) is 0 Å². The van der Waals surface area contributed by atoms with E-state index in [1.807, 2.05) is 20.9 Å². The minimum Gasteiger partial charge on any atom is -0.481 e. The Kier molecular flexibility index (Phi) is 4.41. The van der Waals surface area contributed by atoms with Gasteiger partial charge in [-0.1, -0.05) is 6.42 Å². The Balaban J connectivity index is 2.20. The summed E-state index contributed by atoms with van der Waals surface area (Å²) in [6.07, 6.45) is 1.62. The summed E-state index contributed by atoms with van der Waals surface area (Å²) < 4.78 is 27.0. The zero-order valence-electron chi connectivity index (χ0n) is 12.3. The van der Waals surface area contributed by atoms with Gasteiger partial charge in [0.15, 0.2) is 0 Å². The second-order valence-electron chi connectivity index (χ2n) is 6.14. The summed E-state index contributed by atoms with van der Waals surface area (Å²) in [5.41, 5.74) is 0. The SMILES string of the molecule is CC1CN(S(=O)(=O)C2CCCC2C(=O)O)CC(C)N1C. The molecule has 0 bridgehead atoms. The zero-order chi connectivity index (χ0) is 15.1. The summed E-state index contributed by atoms with van der Waals surface area (Å²) in [4.78, 5) is 13.4. The highest BCUT2D eigenvalue weighted by Gasteiger charge is 2.46. The lowest BCUT2D eigenvalue weighted by atomic mass is 10.1. The average Bonchev–Trinajstić information content (AvgIpc) is 2.85. The Labute approximate surface area is 120 Å². The van der Waals surface area contributed by atoms with Crippen LogP contribution in [0.2, 0.25) is 0 Å². The molecule has 0 aromatic rings. The molecule has 1 aliphatic heterocycles. The van der Waals surface area contributed by atoms with Gasteiger partial charge < -0.3 is 5.11 Å². The summed E-state index contributed by atoms with van der Waals surface area (Å²) in [6.45, 7) is 4.90. The Morgan fingerprint density at radius 1 is 1.15 bits per heavy atom. The van der Waals surface area contributed by atoms with E-state index in [1.165, 1.54) is 4.31 Å². The van der Waals surface area contributed by atoms with Crippen molar-refractivity contribution in [3.05, 3.63) is 0 Å². The van der Waals surface area contributed by atoms with Crippen LogP contribution in [-0.4, -0.2) is 66.2 Å². The normalized spacial score (nSPS) is 37.1. The molecule has 2 rings (SSSR count). The minimum absolute atomic E-state index is 0.151. The van der Waals surface area contributed by atoms with E-state index in [9.17, 15) is 18.3 Å². The molecule has 0 radical (unpaired) electrons. The lowest BCUT2D eigenvalue weighted by molar-refractivity contribution is -0.141. The van der Waals surface area contributed by atoms with E-state index in [1.54, 1.807) is 0 Å². The largest absolute Gasteiger partial charge is 0.481 e. The molecule has 1 aliphatic carbocycles. The van der Waals surface area contributed by atoms with Gasteiger partial charge in [-0.25, -0.2) is 8.42 Å². The van der Waals surface area contributed by atoms with Gasteiger partial charge >= 0.3 is 5.97 Å². The van der Waals surface area contributed by atoms with Crippen molar-refractivity contribution >= 4 is 16.0 Å². The number of aliphatic carboxylic acids is 1. The number of hydrogen-bond donors (Lipinski definition) is 1. The van der Waals surface area contributed by atoms with Crippen molar-refractivity contribution in [3.8, 4) is 0 Å².